The second-order valence-electron chi connectivity index (χ2n) is 4.40. The van der Waals surface area contributed by atoms with Crippen LogP contribution in [-0.4, -0.2) is 34.1 Å². The first kappa shape index (κ1) is 17.1. The number of aliphatic carboxylic acids is 2. The molecule has 19 heavy (non-hydrogen) atoms. The summed E-state index contributed by atoms with van der Waals surface area (Å²) in [6, 6.07) is 0. The maximum atomic E-state index is 11.2. The van der Waals surface area contributed by atoms with E-state index in [2.05, 4.69) is 4.74 Å². The van der Waals surface area contributed by atoms with Gasteiger partial charge in [0.05, 0.1) is 11.8 Å². The third-order valence-electron chi connectivity index (χ3n) is 2.63. The number of carboxylic acid groups (broad SMARTS) is 2. The van der Waals surface area contributed by atoms with Crippen molar-refractivity contribution >= 4 is 23.9 Å². The molecule has 0 aliphatic rings. The highest BCUT2D eigenvalue weighted by molar-refractivity contribution is 5.85. The van der Waals surface area contributed by atoms with Gasteiger partial charge in [-0.15, -0.1) is 0 Å². The van der Waals surface area contributed by atoms with Gasteiger partial charge in [0.1, 0.15) is 0 Å². The first-order valence-electron chi connectivity index (χ1n) is 5.93. The van der Waals surface area contributed by atoms with Crippen LogP contribution in [0.5, 0.6) is 0 Å². The predicted molar refractivity (Wildman–Crippen MR) is 63.2 cm³/mol. The van der Waals surface area contributed by atoms with Gasteiger partial charge in [-0.2, -0.15) is 0 Å². The Hall–Kier alpha value is -1.92. The van der Waals surface area contributed by atoms with E-state index in [1.807, 2.05) is 0 Å². The van der Waals surface area contributed by atoms with Crippen LogP contribution in [-0.2, 0) is 23.9 Å². The zero-order chi connectivity index (χ0) is 15.0. The largest absolute Gasteiger partial charge is 0.481 e. The molecule has 2 unspecified atom stereocenters. The molecule has 0 spiro atoms. The van der Waals surface area contributed by atoms with E-state index >= 15 is 0 Å². The Morgan fingerprint density at radius 1 is 0.842 bits per heavy atom. The van der Waals surface area contributed by atoms with Crippen LogP contribution in [0.2, 0.25) is 0 Å². The second kappa shape index (κ2) is 8.23. The van der Waals surface area contributed by atoms with Crippen LogP contribution in [0.25, 0.3) is 0 Å². The van der Waals surface area contributed by atoms with Crippen molar-refractivity contribution in [2.45, 2.75) is 39.5 Å². The lowest BCUT2D eigenvalue weighted by Crippen LogP contribution is -2.17. The smallest absolute Gasteiger partial charge is 0.313 e. The van der Waals surface area contributed by atoms with Gasteiger partial charge in [0.15, 0.2) is 0 Å². The molecule has 2 atom stereocenters. The molecule has 0 saturated heterocycles. The van der Waals surface area contributed by atoms with E-state index in [0.717, 1.165) is 0 Å². The van der Waals surface area contributed by atoms with Crippen molar-refractivity contribution in [3.63, 3.8) is 0 Å². The third-order valence-corrected chi connectivity index (χ3v) is 2.63. The summed E-state index contributed by atoms with van der Waals surface area (Å²) in [5.74, 6) is -4.99. The number of hydrogen-bond donors (Lipinski definition) is 2. The van der Waals surface area contributed by atoms with E-state index in [1.54, 1.807) is 0 Å². The van der Waals surface area contributed by atoms with Crippen molar-refractivity contribution in [2.24, 2.45) is 11.8 Å². The fourth-order valence-corrected chi connectivity index (χ4v) is 1.14. The van der Waals surface area contributed by atoms with Crippen LogP contribution in [0.1, 0.15) is 39.5 Å². The van der Waals surface area contributed by atoms with Gasteiger partial charge in [0.2, 0.25) is 0 Å². The molecule has 0 aromatic rings. The van der Waals surface area contributed by atoms with Gasteiger partial charge in [-0.05, 0) is 12.8 Å². The Bertz CT molecular complexity index is 327. The summed E-state index contributed by atoms with van der Waals surface area (Å²) in [5.41, 5.74) is 0. The molecule has 0 aliphatic carbocycles. The molecule has 0 bridgehead atoms. The standard InChI is InChI=1S/C12H18O7/c1-7(11(15)16)3-5-9(13)19-10(14)6-4-8(2)12(17)18/h7-8H,3-6H2,1-2H3,(H,15,16)(H,17,18). The van der Waals surface area contributed by atoms with Crippen LogP contribution in [0.4, 0.5) is 0 Å². The van der Waals surface area contributed by atoms with E-state index in [1.165, 1.54) is 13.8 Å². The molecular weight excluding hydrogens is 256 g/mol. The normalized spacial score (nSPS) is 13.4. The molecule has 0 amide bonds. The van der Waals surface area contributed by atoms with E-state index in [9.17, 15) is 19.2 Å². The monoisotopic (exact) mass is 274 g/mol. The molecule has 0 aliphatic heterocycles. The third kappa shape index (κ3) is 7.91. The number of hydrogen-bond acceptors (Lipinski definition) is 5. The van der Waals surface area contributed by atoms with Gasteiger partial charge < -0.3 is 14.9 Å². The van der Waals surface area contributed by atoms with Crippen LogP contribution >= 0.6 is 0 Å². The lowest BCUT2D eigenvalue weighted by Gasteiger charge is -2.07. The number of carbonyl (C=O) groups excluding carboxylic acids is 2. The maximum Gasteiger partial charge on any atom is 0.313 e. The number of esters is 2. The molecule has 108 valence electrons. The summed E-state index contributed by atoms with van der Waals surface area (Å²) in [7, 11) is 0. The molecular formula is C12H18O7. The van der Waals surface area contributed by atoms with Crippen molar-refractivity contribution in [3.05, 3.63) is 0 Å². The van der Waals surface area contributed by atoms with E-state index in [-0.39, 0.29) is 25.7 Å². The molecule has 0 saturated carbocycles. The highest BCUT2D eigenvalue weighted by Gasteiger charge is 2.18. The predicted octanol–water partition coefficient (Wildman–Crippen LogP) is 1.06. The first-order valence-corrected chi connectivity index (χ1v) is 5.93. The van der Waals surface area contributed by atoms with Gasteiger partial charge in [-0.1, -0.05) is 13.8 Å². The molecule has 0 rings (SSSR count). The molecule has 7 heteroatoms. The molecule has 2 N–H and O–H groups in total. The summed E-state index contributed by atoms with van der Waals surface area (Å²) in [4.78, 5) is 43.4. The average molecular weight is 274 g/mol. The minimum atomic E-state index is -1.02. The summed E-state index contributed by atoms with van der Waals surface area (Å²) in [6.45, 7) is 2.90. The van der Waals surface area contributed by atoms with Gasteiger partial charge in [0, 0.05) is 12.8 Å². The Balaban J connectivity index is 3.90. The Kier molecular flexibility index (Phi) is 7.40. The SMILES string of the molecule is CC(CCC(=O)OC(=O)CCC(C)C(=O)O)C(=O)O. The maximum absolute atomic E-state index is 11.2. The van der Waals surface area contributed by atoms with Gasteiger partial charge in [-0.3, -0.25) is 19.2 Å². The minimum absolute atomic E-state index is 0.0903. The van der Waals surface area contributed by atoms with Crippen molar-refractivity contribution in [2.75, 3.05) is 0 Å². The fraction of sp³-hybridized carbons (Fsp3) is 0.667. The molecule has 0 fully saturated rings. The van der Waals surface area contributed by atoms with Crippen molar-refractivity contribution in [1.29, 1.82) is 0 Å². The van der Waals surface area contributed by atoms with Crippen molar-refractivity contribution in [3.8, 4) is 0 Å². The minimum Gasteiger partial charge on any atom is -0.481 e. The van der Waals surface area contributed by atoms with Gasteiger partial charge >= 0.3 is 23.9 Å². The molecule has 0 heterocycles. The number of carboxylic acids is 2. The van der Waals surface area contributed by atoms with Crippen LogP contribution in [0, 0.1) is 11.8 Å². The summed E-state index contributed by atoms with van der Waals surface area (Å²) >= 11 is 0. The second-order valence-corrected chi connectivity index (χ2v) is 4.40. The van der Waals surface area contributed by atoms with E-state index in [4.69, 9.17) is 10.2 Å². The van der Waals surface area contributed by atoms with E-state index < -0.39 is 35.7 Å². The molecule has 0 aromatic carbocycles. The van der Waals surface area contributed by atoms with Crippen LogP contribution in [0.3, 0.4) is 0 Å². The van der Waals surface area contributed by atoms with Crippen molar-refractivity contribution < 1.29 is 34.1 Å². The Morgan fingerprint density at radius 2 is 1.16 bits per heavy atom. The number of rotatable bonds is 8. The zero-order valence-corrected chi connectivity index (χ0v) is 10.9. The van der Waals surface area contributed by atoms with Gasteiger partial charge in [0.25, 0.3) is 0 Å². The Labute approximate surface area is 110 Å². The summed E-state index contributed by atoms with van der Waals surface area (Å²) < 4.78 is 4.45. The zero-order valence-electron chi connectivity index (χ0n) is 10.9. The highest BCUT2D eigenvalue weighted by atomic mass is 16.6. The molecule has 0 radical (unpaired) electrons. The number of carbonyl (C=O) groups is 4. The van der Waals surface area contributed by atoms with Gasteiger partial charge in [-0.25, -0.2) is 0 Å². The lowest BCUT2D eigenvalue weighted by atomic mass is 10.1. The number of ether oxygens (including phenoxy) is 1. The van der Waals surface area contributed by atoms with E-state index in [0.29, 0.717) is 0 Å². The lowest BCUT2D eigenvalue weighted by molar-refractivity contribution is -0.160. The topological polar surface area (TPSA) is 118 Å². The summed E-state index contributed by atoms with van der Waals surface area (Å²) in [5, 5.41) is 17.2. The fourth-order valence-electron chi connectivity index (χ4n) is 1.14. The Morgan fingerprint density at radius 3 is 1.42 bits per heavy atom. The first-order chi connectivity index (χ1) is 8.73. The summed E-state index contributed by atoms with van der Waals surface area (Å²) in [6.07, 6.45) is -0.138. The molecule has 0 aromatic heterocycles. The average Bonchev–Trinajstić information content (AvgIpc) is 2.32. The van der Waals surface area contributed by atoms with Crippen LogP contribution in [0.15, 0.2) is 0 Å². The molecule has 7 nitrogen and oxygen atoms in total. The van der Waals surface area contributed by atoms with Crippen molar-refractivity contribution in [1.82, 2.24) is 0 Å². The van der Waals surface area contributed by atoms with Crippen LogP contribution < -0.4 is 0 Å². The highest BCUT2D eigenvalue weighted by Crippen LogP contribution is 2.09. The quantitative estimate of drug-likeness (QED) is 0.501.